The van der Waals surface area contributed by atoms with Crippen LogP contribution < -0.4 is 0 Å². The third-order valence-corrected chi connectivity index (χ3v) is 10.3. The zero-order valence-corrected chi connectivity index (χ0v) is 27.4. The van der Waals surface area contributed by atoms with Crippen LogP contribution in [-0.2, 0) is 0 Å². The predicted octanol–water partition coefficient (Wildman–Crippen LogP) is 11.9. The zero-order chi connectivity index (χ0) is 33.0. The molecular formula is C44H26N4OS. The maximum atomic E-state index is 6.23. The lowest BCUT2D eigenvalue weighted by Crippen LogP contribution is -2.00. The summed E-state index contributed by atoms with van der Waals surface area (Å²) in [4.78, 5) is 20.3. The van der Waals surface area contributed by atoms with Crippen molar-refractivity contribution in [3.05, 3.63) is 158 Å². The van der Waals surface area contributed by atoms with Gasteiger partial charge in [0.2, 0.25) is 5.89 Å². The van der Waals surface area contributed by atoms with E-state index in [4.69, 9.17) is 24.4 Å². The number of oxazole rings is 1. The van der Waals surface area contributed by atoms with Crippen LogP contribution in [0.4, 0.5) is 0 Å². The second-order valence-electron chi connectivity index (χ2n) is 12.3. The van der Waals surface area contributed by atoms with Crippen LogP contribution in [-0.4, -0.2) is 19.9 Å². The summed E-state index contributed by atoms with van der Waals surface area (Å²) < 4.78 is 8.50. The molecule has 3 heterocycles. The summed E-state index contributed by atoms with van der Waals surface area (Å²) in [6.07, 6.45) is 0. The van der Waals surface area contributed by atoms with E-state index >= 15 is 0 Å². The van der Waals surface area contributed by atoms with Gasteiger partial charge in [0, 0.05) is 48.5 Å². The van der Waals surface area contributed by atoms with Crippen LogP contribution in [0.2, 0.25) is 0 Å². The summed E-state index contributed by atoms with van der Waals surface area (Å²) in [5.74, 6) is 2.50. The minimum atomic E-state index is 0.614. The Kier molecular flexibility index (Phi) is 6.60. The van der Waals surface area contributed by atoms with Crippen molar-refractivity contribution in [1.29, 1.82) is 0 Å². The molecule has 0 N–H and O–H groups in total. The summed E-state index contributed by atoms with van der Waals surface area (Å²) >= 11 is 1.73. The number of benzene rings is 7. The third kappa shape index (κ3) is 4.93. The van der Waals surface area contributed by atoms with E-state index in [2.05, 4.69) is 121 Å². The molecule has 3 aromatic heterocycles. The van der Waals surface area contributed by atoms with Crippen molar-refractivity contribution in [2.75, 3.05) is 0 Å². The van der Waals surface area contributed by atoms with Crippen molar-refractivity contribution >= 4 is 53.4 Å². The van der Waals surface area contributed by atoms with Crippen LogP contribution in [0.1, 0.15) is 0 Å². The normalized spacial score (nSPS) is 11.6. The Bertz CT molecular complexity index is 2860. The van der Waals surface area contributed by atoms with E-state index in [0.29, 0.717) is 23.4 Å². The minimum Gasteiger partial charge on any atom is -0.436 e. The molecule has 0 unspecified atom stereocenters. The van der Waals surface area contributed by atoms with Gasteiger partial charge in [0.15, 0.2) is 23.1 Å². The molecule has 0 radical (unpaired) electrons. The van der Waals surface area contributed by atoms with Crippen LogP contribution >= 0.6 is 11.3 Å². The molecule has 10 aromatic rings. The molecule has 0 atom stereocenters. The average Bonchev–Trinajstić information content (AvgIpc) is 3.78. The molecule has 0 bridgehead atoms. The molecule has 10 rings (SSSR count). The lowest BCUT2D eigenvalue weighted by Gasteiger charge is -2.11. The number of rotatable bonds is 5. The first-order valence-corrected chi connectivity index (χ1v) is 17.3. The summed E-state index contributed by atoms with van der Waals surface area (Å²) in [5.41, 5.74) is 7.66. The van der Waals surface area contributed by atoms with Gasteiger partial charge in [0.05, 0.1) is 0 Å². The second kappa shape index (κ2) is 11.6. The molecule has 7 aromatic carbocycles. The highest BCUT2D eigenvalue weighted by molar-refractivity contribution is 7.26. The van der Waals surface area contributed by atoms with Gasteiger partial charge in [-0.1, -0.05) is 121 Å². The second-order valence-corrected chi connectivity index (χ2v) is 13.4. The number of aromatic nitrogens is 4. The van der Waals surface area contributed by atoms with E-state index in [1.165, 1.54) is 10.9 Å². The highest BCUT2D eigenvalue weighted by Crippen LogP contribution is 2.42. The van der Waals surface area contributed by atoms with Crippen molar-refractivity contribution in [2.45, 2.75) is 0 Å². The number of hydrogen-bond donors (Lipinski definition) is 0. The molecule has 0 saturated heterocycles. The zero-order valence-electron chi connectivity index (χ0n) is 26.6. The third-order valence-electron chi connectivity index (χ3n) is 9.16. The average molecular weight is 659 g/mol. The number of thiophene rings is 1. The molecule has 5 nitrogen and oxygen atoms in total. The van der Waals surface area contributed by atoms with E-state index < -0.39 is 0 Å². The topological polar surface area (TPSA) is 64.7 Å². The molecular weight excluding hydrogens is 633 g/mol. The first kappa shape index (κ1) is 28.5. The highest BCUT2D eigenvalue weighted by atomic mass is 32.1. The quantitative estimate of drug-likeness (QED) is 0.184. The molecule has 0 aliphatic carbocycles. The molecule has 234 valence electrons. The van der Waals surface area contributed by atoms with Crippen molar-refractivity contribution in [2.24, 2.45) is 0 Å². The van der Waals surface area contributed by atoms with E-state index in [0.717, 1.165) is 64.5 Å². The smallest absolute Gasteiger partial charge is 0.227 e. The number of nitrogens with zero attached hydrogens (tertiary/aromatic N) is 4. The summed E-state index contributed by atoms with van der Waals surface area (Å²) in [6, 6.07) is 54.2. The monoisotopic (exact) mass is 658 g/mol. The molecule has 0 amide bonds. The largest absolute Gasteiger partial charge is 0.436 e. The van der Waals surface area contributed by atoms with Crippen LogP contribution in [0.15, 0.2) is 162 Å². The molecule has 0 spiro atoms. The van der Waals surface area contributed by atoms with E-state index in [9.17, 15) is 0 Å². The molecule has 50 heavy (non-hydrogen) atoms. The van der Waals surface area contributed by atoms with Gasteiger partial charge in [-0.25, -0.2) is 19.9 Å². The molecule has 0 aliphatic rings. The van der Waals surface area contributed by atoms with E-state index in [1.807, 2.05) is 36.4 Å². The van der Waals surface area contributed by atoms with Gasteiger partial charge in [0.1, 0.15) is 5.52 Å². The van der Waals surface area contributed by atoms with Crippen LogP contribution in [0, 0.1) is 0 Å². The van der Waals surface area contributed by atoms with Gasteiger partial charge in [-0.2, -0.15) is 0 Å². The number of hydrogen-bond acceptors (Lipinski definition) is 6. The van der Waals surface area contributed by atoms with Gasteiger partial charge in [-0.05, 0) is 52.2 Å². The Labute approximate surface area is 291 Å². The maximum Gasteiger partial charge on any atom is 0.227 e. The lowest BCUT2D eigenvalue weighted by atomic mass is 10.0. The van der Waals surface area contributed by atoms with Crippen molar-refractivity contribution in [3.8, 4) is 56.7 Å². The molecule has 0 saturated carbocycles. The van der Waals surface area contributed by atoms with Gasteiger partial charge < -0.3 is 4.42 Å². The molecule has 6 heteroatoms. The first-order chi connectivity index (χ1) is 24.7. The van der Waals surface area contributed by atoms with Gasteiger partial charge in [-0.3, -0.25) is 0 Å². The predicted molar refractivity (Wildman–Crippen MR) is 205 cm³/mol. The maximum absolute atomic E-state index is 6.23. The summed E-state index contributed by atoms with van der Waals surface area (Å²) in [5, 5.41) is 4.51. The minimum absolute atomic E-state index is 0.614. The fourth-order valence-corrected chi connectivity index (χ4v) is 7.81. The van der Waals surface area contributed by atoms with Crippen LogP contribution in [0.25, 0.3) is 98.8 Å². The van der Waals surface area contributed by atoms with Gasteiger partial charge >= 0.3 is 0 Å². The Morgan fingerprint density at radius 1 is 0.420 bits per heavy atom. The van der Waals surface area contributed by atoms with E-state index in [1.54, 1.807) is 11.3 Å². The Morgan fingerprint density at radius 2 is 1.06 bits per heavy atom. The Hall–Kier alpha value is -6.50. The van der Waals surface area contributed by atoms with Crippen molar-refractivity contribution in [1.82, 2.24) is 19.9 Å². The number of fused-ring (bicyclic) bond motifs is 5. The van der Waals surface area contributed by atoms with E-state index in [-0.39, 0.29) is 0 Å². The summed E-state index contributed by atoms with van der Waals surface area (Å²) in [7, 11) is 0. The SMILES string of the molecule is c1ccc(-c2ccc(-c3nc(-c4ccc5ccccc5c4)nc(-c4cccc5sc6cc7oc(-c8ccccc8)nc7cc6c45)n3)cc2)cc1. The standard InChI is InChI=1S/C44H26N4OS/c1-3-10-27(11-4-1)29-18-21-30(22-19-29)41-46-42(33-23-20-28-12-7-8-15-32(28)24-33)48-43(47-41)34-16-9-17-38-40(34)35-25-36-37(26-39(35)50-38)49-44(45-36)31-13-5-2-6-14-31/h1-26H. The van der Waals surface area contributed by atoms with Gasteiger partial charge in [-0.15, -0.1) is 11.3 Å². The summed E-state index contributed by atoms with van der Waals surface area (Å²) in [6.45, 7) is 0. The Balaban J connectivity index is 1.16. The van der Waals surface area contributed by atoms with Crippen LogP contribution in [0.3, 0.4) is 0 Å². The molecule has 0 fully saturated rings. The van der Waals surface area contributed by atoms with Crippen molar-refractivity contribution < 1.29 is 4.42 Å². The molecule has 0 aliphatic heterocycles. The Morgan fingerprint density at radius 3 is 1.86 bits per heavy atom. The fourth-order valence-electron chi connectivity index (χ4n) is 6.66. The highest BCUT2D eigenvalue weighted by Gasteiger charge is 2.19. The first-order valence-electron chi connectivity index (χ1n) is 16.5. The van der Waals surface area contributed by atoms with Crippen LogP contribution in [0.5, 0.6) is 0 Å². The van der Waals surface area contributed by atoms with Crippen molar-refractivity contribution in [3.63, 3.8) is 0 Å². The lowest BCUT2D eigenvalue weighted by molar-refractivity contribution is 0.620. The van der Waals surface area contributed by atoms with Gasteiger partial charge in [0.25, 0.3) is 0 Å². The fraction of sp³-hybridized carbons (Fsp3) is 0.